The minimum absolute atomic E-state index is 0.686. The van der Waals surface area contributed by atoms with E-state index in [1.54, 1.807) is 0 Å². The third kappa shape index (κ3) is 2.04. The lowest BCUT2D eigenvalue weighted by atomic mass is 10.5. The van der Waals surface area contributed by atoms with Gasteiger partial charge < -0.3 is 0 Å². The van der Waals surface area contributed by atoms with Crippen LogP contribution in [0.2, 0.25) is 0 Å². The average Bonchev–Trinajstić information content (AvgIpc) is 2.17. The van der Waals surface area contributed by atoms with Crippen LogP contribution >= 0.6 is 24.5 Å². The Morgan fingerprint density at radius 2 is 2.67 bits per heavy atom. The molecule has 0 aromatic heterocycles. The van der Waals surface area contributed by atoms with E-state index in [1.807, 2.05) is 12.0 Å². The fourth-order valence-electron chi connectivity index (χ4n) is 0.605. The summed E-state index contributed by atoms with van der Waals surface area (Å²) >= 11 is 3.37. The van der Waals surface area contributed by atoms with Crippen molar-refractivity contribution in [1.29, 1.82) is 0 Å². The third-order valence-electron chi connectivity index (χ3n) is 0.965. The lowest BCUT2D eigenvalue weighted by Gasteiger charge is -1.91. The topological polar surface area (TPSA) is 12.4 Å². The first kappa shape index (κ1) is 7.17. The van der Waals surface area contributed by atoms with Crippen LogP contribution in [0.5, 0.6) is 0 Å². The molecule has 0 aliphatic carbocycles. The smallest absolute Gasteiger partial charge is 0.0465 e. The highest BCUT2D eigenvalue weighted by Crippen LogP contribution is 2.27. The first-order chi connectivity index (χ1) is 4.33. The van der Waals surface area contributed by atoms with Gasteiger partial charge in [-0.15, -0.1) is 0 Å². The summed E-state index contributed by atoms with van der Waals surface area (Å²) in [5.74, 6) is 1.90. The van der Waals surface area contributed by atoms with E-state index in [2.05, 4.69) is 27.5 Å². The van der Waals surface area contributed by atoms with Gasteiger partial charge in [0.15, 0.2) is 0 Å². The Bertz CT molecular complexity index is 183. The molecule has 0 aromatic carbocycles. The second-order valence-electron chi connectivity index (χ2n) is 1.68. The molecule has 0 saturated heterocycles. The van der Waals surface area contributed by atoms with Crippen molar-refractivity contribution in [2.24, 2.45) is 4.99 Å². The van der Waals surface area contributed by atoms with E-state index in [1.165, 1.54) is 9.94 Å². The largest absolute Gasteiger partial charge is 0.260 e. The normalized spacial score (nSPS) is 18.3. The number of nitrogens with zero attached hydrogens (tertiary/aromatic N) is 1. The van der Waals surface area contributed by atoms with Gasteiger partial charge in [-0.05, 0) is 0 Å². The summed E-state index contributed by atoms with van der Waals surface area (Å²) < 4.78 is 1.17. The molecule has 1 atom stereocenters. The second kappa shape index (κ2) is 3.28. The number of allylic oxidation sites excluding steroid dienone is 1. The molecule has 0 spiro atoms. The van der Waals surface area contributed by atoms with Crippen molar-refractivity contribution in [3.05, 3.63) is 23.1 Å². The molecule has 0 amide bonds. The van der Waals surface area contributed by atoms with Crippen molar-refractivity contribution in [2.75, 3.05) is 0 Å². The van der Waals surface area contributed by atoms with Gasteiger partial charge in [0.1, 0.15) is 0 Å². The molecule has 0 saturated carbocycles. The summed E-state index contributed by atoms with van der Waals surface area (Å²) in [5, 5.41) is 0. The Balaban J connectivity index is 2.43. The van der Waals surface area contributed by atoms with Crippen molar-refractivity contribution in [3.63, 3.8) is 0 Å². The minimum Gasteiger partial charge on any atom is -0.260 e. The highest BCUT2D eigenvalue weighted by atomic mass is 79.9. The second-order valence-corrected chi connectivity index (χ2v) is 3.97. The number of rotatable bonds is 2. The number of hydrogen-bond donors (Lipinski definition) is 0. The van der Waals surface area contributed by atoms with Crippen molar-refractivity contribution in [3.8, 4) is 0 Å². The SMILES string of the molecule is C=CPC1=NC=C(Br)C1. The van der Waals surface area contributed by atoms with E-state index < -0.39 is 0 Å². The van der Waals surface area contributed by atoms with Gasteiger partial charge in [0.25, 0.3) is 0 Å². The minimum atomic E-state index is 0.686. The van der Waals surface area contributed by atoms with Crippen LogP contribution in [0, 0.1) is 0 Å². The highest BCUT2D eigenvalue weighted by molar-refractivity contribution is 9.11. The molecule has 1 nitrogen and oxygen atoms in total. The van der Waals surface area contributed by atoms with Gasteiger partial charge in [-0.2, -0.15) is 0 Å². The summed E-state index contributed by atoms with van der Waals surface area (Å²) in [6.45, 7) is 3.64. The van der Waals surface area contributed by atoms with Crippen LogP contribution in [0.3, 0.4) is 0 Å². The predicted molar refractivity (Wildman–Crippen MR) is 47.6 cm³/mol. The molecule has 1 unspecified atom stereocenters. The highest BCUT2D eigenvalue weighted by Gasteiger charge is 2.04. The van der Waals surface area contributed by atoms with Crippen LogP contribution in [0.15, 0.2) is 28.1 Å². The van der Waals surface area contributed by atoms with Gasteiger partial charge in [0, 0.05) is 22.6 Å². The Labute approximate surface area is 64.9 Å². The van der Waals surface area contributed by atoms with Crippen LogP contribution in [0.4, 0.5) is 0 Å². The molecule has 0 bridgehead atoms. The Morgan fingerprint density at radius 3 is 3.11 bits per heavy atom. The van der Waals surface area contributed by atoms with E-state index in [0.717, 1.165) is 6.42 Å². The zero-order valence-corrected chi connectivity index (χ0v) is 7.48. The quantitative estimate of drug-likeness (QED) is 0.613. The van der Waals surface area contributed by atoms with Crippen molar-refractivity contribution >= 4 is 30.0 Å². The molecular formula is C6H7BrNP. The van der Waals surface area contributed by atoms with E-state index in [-0.39, 0.29) is 0 Å². The van der Waals surface area contributed by atoms with Gasteiger partial charge in [-0.1, -0.05) is 36.9 Å². The molecule has 9 heavy (non-hydrogen) atoms. The summed E-state index contributed by atoms with van der Waals surface area (Å²) in [5.41, 5.74) is 1.22. The molecular weight excluding hydrogens is 197 g/mol. The summed E-state index contributed by atoms with van der Waals surface area (Å²) in [6.07, 6.45) is 2.83. The lowest BCUT2D eigenvalue weighted by Crippen LogP contribution is -1.79. The lowest BCUT2D eigenvalue weighted by molar-refractivity contribution is 1.56. The Kier molecular flexibility index (Phi) is 2.62. The Hall–Kier alpha value is 0.0600. The molecule has 1 aliphatic rings. The molecule has 0 aromatic rings. The fourth-order valence-corrected chi connectivity index (χ4v) is 1.90. The molecule has 0 radical (unpaired) electrons. The predicted octanol–water partition coefficient (Wildman–Crippen LogP) is 2.85. The number of hydrogen-bond acceptors (Lipinski definition) is 1. The van der Waals surface area contributed by atoms with E-state index in [0.29, 0.717) is 8.58 Å². The van der Waals surface area contributed by atoms with Gasteiger partial charge in [-0.3, -0.25) is 4.99 Å². The molecule has 48 valence electrons. The molecule has 3 heteroatoms. The van der Waals surface area contributed by atoms with Gasteiger partial charge in [0.2, 0.25) is 0 Å². The van der Waals surface area contributed by atoms with Crippen LogP contribution in [-0.4, -0.2) is 5.45 Å². The maximum absolute atomic E-state index is 4.16. The van der Waals surface area contributed by atoms with Crippen LogP contribution in [0.25, 0.3) is 0 Å². The number of aliphatic imine (C=N–C) groups is 1. The molecule has 0 fully saturated rings. The first-order valence-electron chi connectivity index (χ1n) is 2.61. The van der Waals surface area contributed by atoms with Crippen LogP contribution in [0.1, 0.15) is 6.42 Å². The van der Waals surface area contributed by atoms with Gasteiger partial charge in [-0.25, -0.2) is 0 Å². The maximum atomic E-state index is 4.16. The van der Waals surface area contributed by atoms with Gasteiger partial charge >= 0.3 is 0 Å². The van der Waals surface area contributed by atoms with E-state index in [4.69, 9.17) is 0 Å². The van der Waals surface area contributed by atoms with E-state index >= 15 is 0 Å². The van der Waals surface area contributed by atoms with Crippen molar-refractivity contribution in [2.45, 2.75) is 6.42 Å². The zero-order valence-electron chi connectivity index (χ0n) is 4.89. The van der Waals surface area contributed by atoms with Crippen LogP contribution < -0.4 is 0 Å². The standard InChI is InChI=1S/C6H7BrNP/c1-2-9-6-3-5(7)4-8-6/h2,4,9H,1,3H2. The molecule has 1 heterocycles. The molecule has 1 rings (SSSR count). The van der Waals surface area contributed by atoms with Crippen molar-refractivity contribution < 1.29 is 0 Å². The molecule has 1 aliphatic heterocycles. The van der Waals surface area contributed by atoms with Crippen molar-refractivity contribution in [1.82, 2.24) is 0 Å². The Morgan fingerprint density at radius 1 is 1.89 bits per heavy atom. The summed E-state index contributed by atoms with van der Waals surface area (Å²) in [6, 6.07) is 0. The monoisotopic (exact) mass is 203 g/mol. The summed E-state index contributed by atoms with van der Waals surface area (Å²) in [4.78, 5) is 4.16. The summed E-state index contributed by atoms with van der Waals surface area (Å²) in [7, 11) is 0.686. The maximum Gasteiger partial charge on any atom is 0.0465 e. The molecule has 0 N–H and O–H groups in total. The van der Waals surface area contributed by atoms with Crippen LogP contribution in [-0.2, 0) is 0 Å². The zero-order chi connectivity index (χ0) is 6.69. The third-order valence-corrected chi connectivity index (χ3v) is 2.29. The van der Waals surface area contributed by atoms with E-state index in [9.17, 15) is 0 Å². The number of halogens is 1. The average molecular weight is 204 g/mol. The fraction of sp³-hybridized carbons (Fsp3) is 0.167. The first-order valence-corrected chi connectivity index (χ1v) is 4.48. The van der Waals surface area contributed by atoms with Gasteiger partial charge in [0.05, 0.1) is 0 Å².